The molecule has 7 nitrogen and oxygen atoms in total. The van der Waals surface area contributed by atoms with E-state index in [0.717, 1.165) is 16.5 Å². The lowest BCUT2D eigenvalue weighted by atomic mass is 10.1. The molecule has 0 aliphatic heterocycles. The van der Waals surface area contributed by atoms with Crippen molar-refractivity contribution in [1.82, 2.24) is 20.2 Å². The molecule has 0 atom stereocenters. The van der Waals surface area contributed by atoms with Gasteiger partial charge in [-0.25, -0.2) is 14.8 Å². The fourth-order valence-electron chi connectivity index (χ4n) is 1.78. The Kier molecular flexibility index (Phi) is 2.57. The maximum absolute atomic E-state index is 10.6. The van der Waals surface area contributed by atoms with Gasteiger partial charge in [-0.05, 0) is 23.8 Å². The molecule has 0 radical (unpaired) electrons. The summed E-state index contributed by atoms with van der Waals surface area (Å²) in [4.78, 5) is 18.7. The molecule has 19 heavy (non-hydrogen) atoms. The number of carbonyl (C=O) groups is 1. The molecule has 3 heterocycles. The van der Waals surface area contributed by atoms with Crippen molar-refractivity contribution in [2.45, 2.75) is 0 Å². The molecule has 3 aromatic heterocycles. The van der Waals surface area contributed by atoms with Crippen molar-refractivity contribution in [3.05, 3.63) is 36.8 Å². The van der Waals surface area contributed by atoms with Gasteiger partial charge in [0.05, 0.1) is 6.20 Å². The van der Waals surface area contributed by atoms with Crippen LogP contribution in [0.5, 0.6) is 0 Å². The van der Waals surface area contributed by atoms with Crippen LogP contribution in [-0.2, 0) is 0 Å². The Balaban J connectivity index is 2.02. The predicted molar refractivity (Wildman–Crippen MR) is 68.8 cm³/mol. The van der Waals surface area contributed by atoms with Crippen LogP contribution in [0.3, 0.4) is 0 Å². The Bertz CT molecular complexity index is 752. The van der Waals surface area contributed by atoms with E-state index in [1.165, 1.54) is 0 Å². The molecule has 0 fully saturated rings. The van der Waals surface area contributed by atoms with Crippen LogP contribution in [0.1, 0.15) is 0 Å². The van der Waals surface area contributed by atoms with Gasteiger partial charge in [0.25, 0.3) is 0 Å². The summed E-state index contributed by atoms with van der Waals surface area (Å²) in [5, 5.41) is 18.4. The molecule has 0 aliphatic rings. The molecule has 94 valence electrons. The highest BCUT2D eigenvalue weighted by Crippen LogP contribution is 2.23. The number of nitrogens with one attached hydrogen (secondary N) is 2. The summed E-state index contributed by atoms with van der Waals surface area (Å²) in [5.74, 6) is 0.275. The van der Waals surface area contributed by atoms with Crippen LogP contribution in [0.15, 0.2) is 36.8 Å². The van der Waals surface area contributed by atoms with Crippen molar-refractivity contribution >= 4 is 22.9 Å². The van der Waals surface area contributed by atoms with Gasteiger partial charge in [-0.2, -0.15) is 5.10 Å². The number of pyridine rings is 2. The average molecular weight is 255 g/mol. The van der Waals surface area contributed by atoms with E-state index < -0.39 is 6.09 Å². The Morgan fingerprint density at radius 3 is 2.95 bits per heavy atom. The number of carboxylic acid groups (broad SMARTS) is 1. The van der Waals surface area contributed by atoms with Crippen LogP contribution in [-0.4, -0.2) is 31.4 Å². The first-order valence-corrected chi connectivity index (χ1v) is 5.48. The van der Waals surface area contributed by atoms with E-state index in [2.05, 4.69) is 25.5 Å². The lowest BCUT2D eigenvalue weighted by molar-refractivity contribution is 0.209. The molecular formula is C12H9N5O2. The first kappa shape index (κ1) is 11.1. The summed E-state index contributed by atoms with van der Waals surface area (Å²) in [6.45, 7) is 0. The molecular weight excluding hydrogens is 246 g/mol. The Hall–Kier alpha value is -2.96. The van der Waals surface area contributed by atoms with Crippen LogP contribution in [0.4, 0.5) is 10.6 Å². The number of nitrogens with zero attached hydrogens (tertiary/aromatic N) is 3. The SMILES string of the molecule is O=C(O)Nc1cc(-c2cnc3[nH]ncc3c2)ccn1. The average Bonchev–Trinajstić information content (AvgIpc) is 2.85. The first-order chi connectivity index (χ1) is 9.22. The molecule has 3 N–H and O–H groups in total. The van der Waals surface area contributed by atoms with Crippen LogP contribution >= 0.6 is 0 Å². The van der Waals surface area contributed by atoms with Gasteiger partial charge in [-0.1, -0.05) is 0 Å². The van der Waals surface area contributed by atoms with Crippen molar-refractivity contribution in [2.24, 2.45) is 0 Å². The molecule has 0 aliphatic carbocycles. The summed E-state index contributed by atoms with van der Waals surface area (Å²) in [6, 6.07) is 5.36. The van der Waals surface area contributed by atoms with Crippen LogP contribution < -0.4 is 5.32 Å². The molecule has 0 unspecified atom stereocenters. The molecule has 0 spiro atoms. The summed E-state index contributed by atoms with van der Waals surface area (Å²) in [6.07, 6.45) is 3.78. The number of fused-ring (bicyclic) bond motifs is 1. The number of hydrogen-bond donors (Lipinski definition) is 3. The lowest BCUT2D eigenvalue weighted by Gasteiger charge is -2.04. The number of amides is 1. The first-order valence-electron chi connectivity index (χ1n) is 5.48. The van der Waals surface area contributed by atoms with Gasteiger partial charge in [-0.15, -0.1) is 0 Å². The second-order valence-electron chi connectivity index (χ2n) is 3.89. The highest BCUT2D eigenvalue weighted by molar-refractivity contribution is 5.84. The molecule has 3 rings (SSSR count). The normalized spacial score (nSPS) is 10.5. The molecule has 0 bridgehead atoms. The second-order valence-corrected chi connectivity index (χ2v) is 3.89. The van der Waals surface area contributed by atoms with Crippen molar-refractivity contribution in [3.63, 3.8) is 0 Å². The van der Waals surface area contributed by atoms with Gasteiger partial charge < -0.3 is 5.11 Å². The zero-order valence-corrected chi connectivity index (χ0v) is 9.66. The van der Waals surface area contributed by atoms with Crippen LogP contribution in [0.2, 0.25) is 0 Å². The van der Waals surface area contributed by atoms with Gasteiger partial charge >= 0.3 is 6.09 Å². The van der Waals surface area contributed by atoms with Gasteiger partial charge in [0.15, 0.2) is 5.65 Å². The standard InChI is InChI=1S/C12H9N5O2/c18-12(19)16-10-4-7(1-2-13-10)8-3-9-6-15-17-11(9)14-5-8/h1-6H,(H,13,16)(H,18,19)(H,14,15,17). The molecule has 0 aromatic carbocycles. The van der Waals surface area contributed by atoms with E-state index in [1.54, 1.807) is 30.7 Å². The molecule has 0 saturated heterocycles. The summed E-state index contributed by atoms with van der Waals surface area (Å²) >= 11 is 0. The van der Waals surface area contributed by atoms with E-state index in [4.69, 9.17) is 5.11 Å². The Morgan fingerprint density at radius 1 is 1.21 bits per heavy atom. The molecule has 1 amide bonds. The third kappa shape index (κ3) is 2.21. The van der Waals surface area contributed by atoms with Crippen molar-refractivity contribution in [3.8, 4) is 11.1 Å². The third-order valence-corrected chi connectivity index (χ3v) is 2.62. The number of H-pyrrole nitrogens is 1. The number of aromatic amines is 1. The third-order valence-electron chi connectivity index (χ3n) is 2.62. The Labute approximate surface area is 107 Å². The van der Waals surface area contributed by atoms with E-state index in [9.17, 15) is 4.79 Å². The van der Waals surface area contributed by atoms with Crippen molar-refractivity contribution in [1.29, 1.82) is 0 Å². The monoisotopic (exact) mass is 255 g/mol. The second kappa shape index (κ2) is 4.37. The smallest absolute Gasteiger partial charge is 0.410 e. The molecule has 7 heteroatoms. The zero-order chi connectivity index (χ0) is 13.2. The summed E-state index contributed by atoms with van der Waals surface area (Å²) in [5.41, 5.74) is 2.40. The highest BCUT2D eigenvalue weighted by atomic mass is 16.4. The number of rotatable bonds is 2. The predicted octanol–water partition coefficient (Wildman–Crippen LogP) is 2.11. The Morgan fingerprint density at radius 2 is 2.11 bits per heavy atom. The topological polar surface area (TPSA) is 104 Å². The number of hydrogen-bond acceptors (Lipinski definition) is 4. The number of aromatic nitrogens is 4. The minimum atomic E-state index is -1.15. The van der Waals surface area contributed by atoms with Crippen molar-refractivity contribution in [2.75, 3.05) is 5.32 Å². The lowest BCUT2D eigenvalue weighted by Crippen LogP contribution is -2.08. The number of anilines is 1. The van der Waals surface area contributed by atoms with E-state index >= 15 is 0 Å². The zero-order valence-electron chi connectivity index (χ0n) is 9.66. The maximum Gasteiger partial charge on any atom is 0.410 e. The van der Waals surface area contributed by atoms with Gasteiger partial charge in [0, 0.05) is 23.3 Å². The maximum atomic E-state index is 10.6. The van der Waals surface area contributed by atoms with Gasteiger partial charge in [-0.3, -0.25) is 10.4 Å². The molecule has 0 saturated carbocycles. The van der Waals surface area contributed by atoms with Crippen molar-refractivity contribution < 1.29 is 9.90 Å². The quantitative estimate of drug-likeness (QED) is 0.650. The fraction of sp³-hybridized carbons (Fsp3) is 0. The van der Waals surface area contributed by atoms with Gasteiger partial charge in [0.1, 0.15) is 5.82 Å². The molecule has 3 aromatic rings. The minimum absolute atomic E-state index is 0.275. The summed E-state index contributed by atoms with van der Waals surface area (Å²) < 4.78 is 0. The van der Waals surface area contributed by atoms with Gasteiger partial charge in [0.2, 0.25) is 0 Å². The van der Waals surface area contributed by atoms with E-state index in [1.807, 2.05) is 6.07 Å². The van der Waals surface area contributed by atoms with Crippen LogP contribution in [0, 0.1) is 0 Å². The fourth-order valence-corrected chi connectivity index (χ4v) is 1.78. The largest absolute Gasteiger partial charge is 0.465 e. The minimum Gasteiger partial charge on any atom is -0.465 e. The summed E-state index contributed by atoms with van der Waals surface area (Å²) in [7, 11) is 0. The van der Waals surface area contributed by atoms with E-state index in [-0.39, 0.29) is 5.82 Å². The highest BCUT2D eigenvalue weighted by Gasteiger charge is 2.05. The van der Waals surface area contributed by atoms with Crippen LogP contribution in [0.25, 0.3) is 22.2 Å². The van der Waals surface area contributed by atoms with E-state index in [0.29, 0.717) is 5.65 Å².